The third-order valence-electron chi connectivity index (χ3n) is 6.34. The van der Waals surface area contributed by atoms with E-state index >= 15 is 0 Å². The number of carbonyl (C=O) groups excluding carboxylic acids is 2. The second kappa shape index (κ2) is 13.2. The van der Waals surface area contributed by atoms with Gasteiger partial charge in [-0.15, -0.1) is 11.3 Å². The van der Waals surface area contributed by atoms with Crippen molar-refractivity contribution in [2.45, 2.75) is 51.4 Å². The monoisotopic (exact) mass is 649 g/mol. The topological polar surface area (TPSA) is 133 Å². The Bertz CT molecular complexity index is 1670. The molecule has 0 aliphatic rings. The number of benzene rings is 3. The van der Waals surface area contributed by atoms with E-state index in [9.17, 15) is 18.0 Å². The van der Waals surface area contributed by atoms with Crippen molar-refractivity contribution in [3.63, 3.8) is 0 Å². The number of carbonyl (C=O) groups is 2. The molecular weight excluding hydrogens is 615 g/mol. The van der Waals surface area contributed by atoms with E-state index in [-0.39, 0.29) is 5.69 Å². The molecule has 236 valence electrons. The molecule has 10 nitrogen and oxygen atoms in total. The number of hydrogen-bond acceptors (Lipinski definition) is 11. The lowest BCUT2D eigenvalue weighted by molar-refractivity contribution is -0.179. The smallest absolute Gasteiger partial charge is 0.378 e. The van der Waals surface area contributed by atoms with Gasteiger partial charge in [0.15, 0.2) is 5.13 Å². The Kier molecular flexibility index (Phi) is 9.79. The summed E-state index contributed by atoms with van der Waals surface area (Å²) in [7, 11) is -4.22. The summed E-state index contributed by atoms with van der Waals surface area (Å²) in [6.07, 6.45) is 0.732. The third kappa shape index (κ3) is 8.34. The lowest BCUT2D eigenvalue weighted by Gasteiger charge is -2.36. The minimum Gasteiger partial charge on any atom is -0.457 e. The number of nitrogens with zero attached hydrogens (tertiary/aromatic N) is 2. The molecule has 1 N–H and O–H groups in total. The first kappa shape index (κ1) is 33.3. The largest absolute Gasteiger partial charge is 0.457 e. The van der Waals surface area contributed by atoms with E-state index in [1.807, 2.05) is 91.0 Å². The first-order valence-corrected chi connectivity index (χ1v) is 16.6. The van der Waals surface area contributed by atoms with Crippen LogP contribution in [0, 0.1) is 0 Å². The van der Waals surface area contributed by atoms with Crippen molar-refractivity contribution >= 4 is 44.2 Å². The maximum absolute atomic E-state index is 13.0. The fourth-order valence-electron chi connectivity index (χ4n) is 4.34. The summed E-state index contributed by atoms with van der Waals surface area (Å²) in [6.45, 7) is 7.91. The summed E-state index contributed by atoms with van der Waals surface area (Å²) in [4.78, 5) is 35.9. The van der Waals surface area contributed by atoms with Crippen LogP contribution in [0.4, 0.5) is 5.13 Å². The summed E-state index contributed by atoms with van der Waals surface area (Å²) in [6, 6.07) is 29.5. The van der Waals surface area contributed by atoms with Crippen LogP contribution in [0.1, 0.15) is 57.0 Å². The number of anilines is 1. The number of thiazole rings is 1. The molecule has 0 bridgehead atoms. The predicted octanol–water partition coefficient (Wildman–Crippen LogP) is 5.89. The van der Waals surface area contributed by atoms with E-state index in [0.29, 0.717) is 5.13 Å². The highest BCUT2D eigenvalue weighted by molar-refractivity contribution is 7.86. The molecule has 1 aromatic heterocycles. The Morgan fingerprint density at radius 3 is 1.69 bits per heavy atom. The van der Waals surface area contributed by atoms with Crippen molar-refractivity contribution in [2.24, 2.45) is 5.16 Å². The average molecular weight is 650 g/mol. The van der Waals surface area contributed by atoms with Crippen LogP contribution in [-0.2, 0) is 39.0 Å². The van der Waals surface area contributed by atoms with Gasteiger partial charge in [0.2, 0.25) is 11.3 Å². The molecule has 0 saturated heterocycles. The van der Waals surface area contributed by atoms with Gasteiger partial charge in [-0.1, -0.05) is 96.2 Å². The molecule has 4 aromatic rings. The van der Waals surface area contributed by atoms with Gasteiger partial charge in [0, 0.05) is 5.38 Å². The fourth-order valence-corrected chi connectivity index (χ4v) is 5.45. The zero-order valence-electron chi connectivity index (χ0n) is 25.8. The molecule has 45 heavy (non-hydrogen) atoms. The lowest BCUT2D eigenvalue weighted by Crippen LogP contribution is -2.40. The highest BCUT2D eigenvalue weighted by Crippen LogP contribution is 2.40. The lowest BCUT2D eigenvalue weighted by atomic mass is 9.77. The number of ether oxygens (including phenoxy) is 1. The number of hydrogen-bond donors (Lipinski definition) is 1. The van der Waals surface area contributed by atoms with Gasteiger partial charge in [-0.25, -0.2) is 14.6 Å². The van der Waals surface area contributed by atoms with E-state index in [0.717, 1.165) is 34.3 Å². The van der Waals surface area contributed by atoms with Gasteiger partial charge in [0.25, 0.3) is 0 Å². The van der Waals surface area contributed by atoms with Crippen molar-refractivity contribution in [2.75, 3.05) is 11.6 Å². The van der Waals surface area contributed by atoms with Gasteiger partial charge in [0.05, 0.1) is 6.26 Å². The molecule has 0 radical (unpaired) electrons. The van der Waals surface area contributed by atoms with Gasteiger partial charge in [-0.2, -0.15) is 8.42 Å². The quantitative estimate of drug-likeness (QED) is 0.0694. The highest BCUT2D eigenvalue weighted by atomic mass is 32.2. The van der Waals surface area contributed by atoms with Gasteiger partial charge >= 0.3 is 22.1 Å². The molecule has 12 heteroatoms. The van der Waals surface area contributed by atoms with E-state index in [1.54, 1.807) is 20.8 Å². The number of aromatic nitrogens is 1. The molecule has 0 saturated carbocycles. The van der Waals surface area contributed by atoms with Crippen molar-refractivity contribution in [3.8, 4) is 0 Å². The summed E-state index contributed by atoms with van der Waals surface area (Å²) in [5.74, 6) is -2.07. The molecule has 4 rings (SSSR count). The van der Waals surface area contributed by atoms with Crippen molar-refractivity contribution < 1.29 is 31.8 Å². The summed E-state index contributed by atoms with van der Waals surface area (Å²) in [5, 5.41) is 9.36. The van der Waals surface area contributed by atoms with E-state index < -0.39 is 44.5 Å². The van der Waals surface area contributed by atoms with Crippen molar-refractivity contribution in [1.29, 1.82) is 0 Å². The predicted molar refractivity (Wildman–Crippen MR) is 173 cm³/mol. The minimum atomic E-state index is -4.22. The Labute approximate surface area is 267 Å². The first-order chi connectivity index (χ1) is 21.1. The molecule has 0 aliphatic carbocycles. The van der Waals surface area contributed by atoms with Crippen molar-refractivity contribution in [1.82, 2.24) is 4.98 Å². The van der Waals surface area contributed by atoms with Crippen LogP contribution in [0.2, 0.25) is 0 Å². The molecule has 0 spiro atoms. The Morgan fingerprint density at radius 2 is 1.27 bits per heavy atom. The minimum absolute atomic E-state index is 0.0285. The number of oxime groups is 1. The van der Waals surface area contributed by atoms with Crippen LogP contribution in [0.5, 0.6) is 0 Å². The number of nitrogens with one attached hydrogen (secondary N) is 1. The first-order valence-electron chi connectivity index (χ1n) is 13.9. The molecule has 0 amide bonds. The van der Waals surface area contributed by atoms with Crippen LogP contribution in [0.25, 0.3) is 0 Å². The zero-order chi connectivity index (χ0) is 32.9. The van der Waals surface area contributed by atoms with Crippen LogP contribution in [0.3, 0.4) is 0 Å². The summed E-state index contributed by atoms with van der Waals surface area (Å²) in [5.41, 5.74) is -1.17. The standard InChI is InChI=1S/C33H35N3O7S2/c1-31(2,3)41-29(38)32(4,5)43-36-27(28(37)42-45(6,39)40)26-22-44-30(34-26)35-33(23-16-10-7-11-17-23,24-18-12-8-13-19-24)25-20-14-9-15-21-25/h7-22H,1-6H3,(H,34,35)/b36-27-. The molecule has 0 unspecified atom stereocenters. The SMILES string of the molecule is CC(C)(C)OC(=O)C(C)(C)O/N=C(\C(=O)OS(C)(=O)=O)c1csc(NC(c2ccccc2)(c2ccccc2)c2ccccc2)n1. The van der Waals surface area contributed by atoms with Crippen molar-refractivity contribution in [3.05, 3.63) is 119 Å². The van der Waals surface area contributed by atoms with E-state index in [4.69, 9.17) is 9.57 Å². The van der Waals surface area contributed by atoms with Gasteiger partial charge in [-0.3, -0.25) is 0 Å². The number of esters is 1. The maximum atomic E-state index is 13.0. The van der Waals surface area contributed by atoms with Crippen LogP contribution >= 0.6 is 11.3 Å². The van der Waals surface area contributed by atoms with E-state index in [1.165, 1.54) is 19.2 Å². The third-order valence-corrected chi connectivity index (χ3v) is 7.55. The molecule has 3 aromatic carbocycles. The maximum Gasteiger partial charge on any atom is 0.378 e. The Balaban J connectivity index is 1.80. The number of rotatable bonds is 11. The summed E-state index contributed by atoms with van der Waals surface area (Å²) < 4.78 is 33.8. The van der Waals surface area contributed by atoms with E-state index in [2.05, 4.69) is 19.6 Å². The molecule has 0 aliphatic heterocycles. The van der Waals surface area contributed by atoms with Crippen LogP contribution < -0.4 is 5.32 Å². The highest BCUT2D eigenvalue weighted by Gasteiger charge is 2.38. The van der Waals surface area contributed by atoms with Gasteiger partial charge in [-0.05, 0) is 51.3 Å². The molecule has 1 heterocycles. The van der Waals surface area contributed by atoms with Crippen LogP contribution in [0.15, 0.2) is 102 Å². The second-order valence-corrected chi connectivity index (χ2v) is 14.1. The molecule has 0 atom stereocenters. The fraction of sp³-hybridized carbons (Fsp3) is 0.273. The zero-order valence-corrected chi connectivity index (χ0v) is 27.4. The Morgan fingerprint density at radius 1 is 0.800 bits per heavy atom. The van der Waals surface area contributed by atoms with Crippen LogP contribution in [-0.4, -0.2) is 48.5 Å². The van der Waals surface area contributed by atoms with Gasteiger partial charge in [0.1, 0.15) is 16.8 Å². The molecule has 0 fully saturated rings. The Hall–Kier alpha value is -4.55. The second-order valence-electron chi connectivity index (χ2n) is 11.6. The van der Waals surface area contributed by atoms with Gasteiger partial charge < -0.3 is 19.1 Å². The average Bonchev–Trinajstić information content (AvgIpc) is 3.43. The molecular formula is C33H35N3O7S2. The normalized spacial score (nSPS) is 12.7. The summed E-state index contributed by atoms with van der Waals surface area (Å²) >= 11 is 1.16.